The van der Waals surface area contributed by atoms with E-state index in [1.54, 1.807) is 24.3 Å². The van der Waals surface area contributed by atoms with Gasteiger partial charge < -0.3 is 4.74 Å². The van der Waals surface area contributed by atoms with Crippen LogP contribution in [0.2, 0.25) is 5.02 Å². The maximum Gasteiger partial charge on any atom is 0.308 e. The number of esters is 1. The Morgan fingerprint density at radius 2 is 1.84 bits per heavy atom. The number of halogens is 1. The van der Waals surface area contributed by atoms with Gasteiger partial charge in [-0.3, -0.25) is 9.59 Å². The molecule has 0 spiro atoms. The van der Waals surface area contributed by atoms with Crippen molar-refractivity contribution in [1.82, 2.24) is 5.43 Å². The number of hydrazone groups is 1. The Bertz CT molecular complexity index is 746. The highest BCUT2D eigenvalue weighted by atomic mass is 35.5. The predicted molar refractivity (Wildman–Crippen MR) is 101 cm³/mol. The van der Waals surface area contributed by atoms with Crippen molar-refractivity contribution in [2.24, 2.45) is 5.10 Å². The average molecular weight is 377 g/mol. The number of hydrogen-bond acceptors (Lipinski definition) is 5. The van der Waals surface area contributed by atoms with Gasteiger partial charge in [-0.05, 0) is 47.5 Å². The first-order chi connectivity index (χ1) is 12.0. The largest absolute Gasteiger partial charge is 0.427 e. The molecule has 2 aromatic carbocycles. The molecule has 0 saturated carbocycles. The van der Waals surface area contributed by atoms with Crippen molar-refractivity contribution in [3.05, 3.63) is 64.7 Å². The lowest BCUT2D eigenvalue weighted by Crippen LogP contribution is -2.19. The molecule has 0 saturated heterocycles. The van der Waals surface area contributed by atoms with Gasteiger partial charge in [-0.15, -0.1) is 11.8 Å². The Labute approximate surface area is 155 Å². The Morgan fingerprint density at radius 3 is 2.48 bits per heavy atom. The van der Waals surface area contributed by atoms with Crippen LogP contribution in [0.25, 0.3) is 0 Å². The zero-order valence-corrected chi connectivity index (χ0v) is 15.1. The molecule has 0 unspecified atom stereocenters. The number of nitrogens with one attached hydrogen (secondary N) is 1. The monoisotopic (exact) mass is 376 g/mol. The lowest BCUT2D eigenvalue weighted by molar-refractivity contribution is -0.131. The summed E-state index contributed by atoms with van der Waals surface area (Å²) in [6.45, 7) is 1.34. The van der Waals surface area contributed by atoms with Crippen LogP contribution in [0.5, 0.6) is 5.75 Å². The van der Waals surface area contributed by atoms with E-state index in [0.717, 1.165) is 16.9 Å². The normalized spacial score (nSPS) is 10.6. The van der Waals surface area contributed by atoms with E-state index in [4.69, 9.17) is 16.3 Å². The van der Waals surface area contributed by atoms with Crippen LogP contribution in [-0.2, 0) is 15.3 Å². The fourth-order valence-corrected chi connectivity index (χ4v) is 2.75. The third-order valence-electron chi connectivity index (χ3n) is 2.96. The second-order valence-electron chi connectivity index (χ2n) is 5.08. The minimum atomic E-state index is -0.371. The van der Waals surface area contributed by atoms with Crippen LogP contribution < -0.4 is 10.2 Å². The van der Waals surface area contributed by atoms with Crippen molar-refractivity contribution >= 4 is 41.5 Å². The number of hydrogen-bond donors (Lipinski definition) is 1. The maximum atomic E-state index is 11.7. The SMILES string of the molecule is CC(=O)Oc1ccc(/C=N\NC(=O)CSCc2ccc(Cl)cc2)cc1. The fraction of sp³-hybridized carbons (Fsp3) is 0.167. The quantitative estimate of drug-likeness (QED) is 0.346. The number of ether oxygens (including phenoxy) is 1. The molecule has 130 valence electrons. The highest BCUT2D eigenvalue weighted by Crippen LogP contribution is 2.15. The van der Waals surface area contributed by atoms with Crippen LogP contribution in [0, 0.1) is 0 Å². The van der Waals surface area contributed by atoms with E-state index in [2.05, 4.69) is 10.5 Å². The topological polar surface area (TPSA) is 67.8 Å². The van der Waals surface area contributed by atoms with Crippen molar-refractivity contribution in [2.45, 2.75) is 12.7 Å². The Balaban J connectivity index is 1.71. The summed E-state index contributed by atoms with van der Waals surface area (Å²) in [5.41, 5.74) is 4.37. The second-order valence-corrected chi connectivity index (χ2v) is 6.50. The highest BCUT2D eigenvalue weighted by molar-refractivity contribution is 7.99. The van der Waals surface area contributed by atoms with Gasteiger partial charge in [-0.1, -0.05) is 23.7 Å². The van der Waals surface area contributed by atoms with Gasteiger partial charge in [-0.25, -0.2) is 5.43 Å². The Morgan fingerprint density at radius 1 is 1.16 bits per heavy atom. The van der Waals surface area contributed by atoms with Gasteiger partial charge in [0.15, 0.2) is 0 Å². The number of carbonyl (C=O) groups excluding carboxylic acids is 2. The molecule has 0 aliphatic rings. The Kier molecular flexibility index (Phi) is 7.50. The minimum absolute atomic E-state index is 0.174. The van der Waals surface area contributed by atoms with Crippen molar-refractivity contribution < 1.29 is 14.3 Å². The van der Waals surface area contributed by atoms with E-state index in [1.165, 1.54) is 24.9 Å². The molecule has 0 heterocycles. The van der Waals surface area contributed by atoms with Gasteiger partial charge in [-0.2, -0.15) is 5.10 Å². The molecule has 25 heavy (non-hydrogen) atoms. The van der Waals surface area contributed by atoms with Gasteiger partial charge in [0, 0.05) is 17.7 Å². The molecular formula is C18H17ClN2O3S. The molecule has 0 aliphatic carbocycles. The summed E-state index contributed by atoms with van der Waals surface area (Å²) < 4.78 is 4.94. The number of benzene rings is 2. The van der Waals surface area contributed by atoms with Crippen molar-refractivity contribution in [1.29, 1.82) is 0 Å². The molecule has 0 aliphatic heterocycles. The van der Waals surface area contributed by atoms with E-state index < -0.39 is 0 Å². The van der Waals surface area contributed by atoms with Gasteiger partial charge in [0.1, 0.15) is 5.75 Å². The van der Waals surface area contributed by atoms with Gasteiger partial charge in [0.05, 0.1) is 12.0 Å². The summed E-state index contributed by atoms with van der Waals surface area (Å²) >= 11 is 7.32. The van der Waals surface area contributed by atoms with E-state index >= 15 is 0 Å². The fourth-order valence-electron chi connectivity index (χ4n) is 1.84. The third-order valence-corrected chi connectivity index (χ3v) is 4.22. The van der Waals surface area contributed by atoms with Crippen LogP contribution in [0.3, 0.4) is 0 Å². The van der Waals surface area contributed by atoms with Gasteiger partial charge in [0.25, 0.3) is 0 Å². The van der Waals surface area contributed by atoms with E-state index in [1.807, 2.05) is 24.3 Å². The van der Waals surface area contributed by atoms with Crippen LogP contribution in [0.15, 0.2) is 53.6 Å². The van der Waals surface area contributed by atoms with Crippen molar-refractivity contribution in [2.75, 3.05) is 5.75 Å². The number of rotatable bonds is 7. The molecule has 0 aromatic heterocycles. The van der Waals surface area contributed by atoms with Crippen molar-refractivity contribution in [3.8, 4) is 5.75 Å². The molecule has 0 atom stereocenters. The summed E-state index contributed by atoms with van der Waals surface area (Å²) in [6, 6.07) is 14.3. The summed E-state index contributed by atoms with van der Waals surface area (Å²) in [5.74, 6) is 0.959. The van der Waals surface area contributed by atoms with Crippen LogP contribution in [0.4, 0.5) is 0 Å². The number of nitrogens with zero attached hydrogens (tertiary/aromatic N) is 1. The minimum Gasteiger partial charge on any atom is -0.427 e. The molecule has 7 heteroatoms. The summed E-state index contributed by atoms with van der Waals surface area (Å²) in [7, 11) is 0. The standard InChI is InChI=1S/C18H17ClN2O3S/c1-13(22)24-17-8-4-14(5-9-17)10-20-21-18(23)12-25-11-15-2-6-16(19)7-3-15/h2-10H,11-12H2,1H3,(H,21,23)/b20-10-. The summed E-state index contributed by atoms with van der Waals surface area (Å²) in [5, 5.41) is 4.60. The molecular weight excluding hydrogens is 360 g/mol. The van der Waals surface area contributed by atoms with E-state index in [0.29, 0.717) is 16.5 Å². The van der Waals surface area contributed by atoms with Crippen LogP contribution in [0.1, 0.15) is 18.1 Å². The summed E-state index contributed by atoms with van der Waals surface area (Å²) in [6.07, 6.45) is 1.53. The summed E-state index contributed by atoms with van der Waals surface area (Å²) in [4.78, 5) is 22.6. The molecule has 1 amide bonds. The zero-order chi connectivity index (χ0) is 18.1. The Hall–Kier alpha value is -2.31. The first-order valence-electron chi connectivity index (χ1n) is 7.45. The van der Waals surface area contributed by atoms with Crippen LogP contribution in [-0.4, -0.2) is 23.8 Å². The van der Waals surface area contributed by atoms with Gasteiger partial charge >= 0.3 is 5.97 Å². The smallest absolute Gasteiger partial charge is 0.308 e. The highest BCUT2D eigenvalue weighted by Gasteiger charge is 2.01. The molecule has 2 rings (SSSR count). The average Bonchev–Trinajstić information content (AvgIpc) is 2.58. The molecule has 0 radical (unpaired) electrons. The number of thioether (sulfide) groups is 1. The second kappa shape index (κ2) is 9.86. The first kappa shape index (κ1) is 19.0. The van der Waals surface area contributed by atoms with E-state index in [9.17, 15) is 9.59 Å². The molecule has 1 N–H and O–H groups in total. The third kappa shape index (κ3) is 7.41. The molecule has 2 aromatic rings. The van der Waals surface area contributed by atoms with Crippen molar-refractivity contribution in [3.63, 3.8) is 0 Å². The molecule has 0 bridgehead atoms. The number of amides is 1. The lowest BCUT2D eigenvalue weighted by atomic mass is 10.2. The molecule has 5 nitrogen and oxygen atoms in total. The molecule has 0 fully saturated rings. The number of carbonyl (C=O) groups is 2. The van der Waals surface area contributed by atoms with Crippen LogP contribution >= 0.6 is 23.4 Å². The maximum absolute atomic E-state index is 11.7. The zero-order valence-electron chi connectivity index (χ0n) is 13.6. The lowest BCUT2D eigenvalue weighted by Gasteiger charge is -2.02. The van der Waals surface area contributed by atoms with Gasteiger partial charge in [0.2, 0.25) is 5.91 Å². The first-order valence-corrected chi connectivity index (χ1v) is 8.99. The predicted octanol–water partition coefficient (Wildman–Crippen LogP) is 3.65. The van der Waals surface area contributed by atoms with E-state index in [-0.39, 0.29) is 11.9 Å².